The van der Waals surface area contributed by atoms with E-state index in [2.05, 4.69) is 9.89 Å². The van der Waals surface area contributed by atoms with Gasteiger partial charge in [-0.05, 0) is 31.7 Å². The molecule has 1 atom stereocenters. The molecule has 6 nitrogen and oxygen atoms in total. The number of nitrogens with zero attached hydrogens (tertiary/aromatic N) is 3. The summed E-state index contributed by atoms with van der Waals surface area (Å²) in [6, 6.07) is 1.55. The van der Waals surface area contributed by atoms with Gasteiger partial charge in [-0.15, -0.1) is 0 Å². The summed E-state index contributed by atoms with van der Waals surface area (Å²) in [5.74, 6) is -1.76. The molecule has 26 heavy (non-hydrogen) atoms. The van der Waals surface area contributed by atoms with Gasteiger partial charge < -0.3 is 14.6 Å². The molecule has 0 radical (unpaired) electrons. The molecule has 2 aromatic rings. The normalized spacial score (nSPS) is 21.6. The van der Waals surface area contributed by atoms with Crippen LogP contribution in [0.25, 0.3) is 10.9 Å². The van der Waals surface area contributed by atoms with E-state index < -0.39 is 17.2 Å². The maximum Gasteiger partial charge on any atom is 0.341 e. The summed E-state index contributed by atoms with van der Waals surface area (Å²) in [6.07, 6.45) is 6.90. The molecule has 3 aliphatic rings. The van der Waals surface area contributed by atoms with E-state index in [9.17, 15) is 14.7 Å². The number of pyridine rings is 1. The van der Waals surface area contributed by atoms with Gasteiger partial charge in [0.05, 0.1) is 23.1 Å². The van der Waals surface area contributed by atoms with Crippen molar-refractivity contribution in [3.8, 4) is 0 Å². The summed E-state index contributed by atoms with van der Waals surface area (Å²) in [7, 11) is 0. The number of carboxylic acid groups (broad SMARTS) is 1. The van der Waals surface area contributed by atoms with Crippen molar-refractivity contribution in [1.82, 2.24) is 4.57 Å². The minimum absolute atomic E-state index is 0.122. The molecule has 1 aliphatic carbocycles. The second kappa shape index (κ2) is 5.40. The second-order valence-electron chi connectivity index (χ2n) is 7.32. The van der Waals surface area contributed by atoms with Crippen LogP contribution in [0.1, 0.15) is 47.6 Å². The minimum atomic E-state index is -1.28. The number of hydrogen-bond acceptors (Lipinski definition) is 4. The van der Waals surface area contributed by atoms with E-state index in [-0.39, 0.29) is 23.0 Å². The Bertz CT molecular complexity index is 1040. The third-order valence-corrected chi connectivity index (χ3v) is 5.65. The number of carbonyl (C=O) groups is 1. The lowest BCUT2D eigenvalue weighted by Gasteiger charge is -2.27. The van der Waals surface area contributed by atoms with Crippen LogP contribution in [0.2, 0.25) is 0 Å². The van der Waals surface area contributed by atoms with E-state index in [0.717, 1.165) is 32.2 Å². The fourth-order valence-electron chi connectivity index (χ4n) is 4.30. The monoisotopic (exact) mass is 355 g/mol. The van der Waals surface area contributed by atoms with Crippen molar-refractivity contribution in [3.05, 3.63) is 39.4 Å². The number of rotatable bonds is 2. The summed E-state index contributed by atoms with van der Waals surface area (Å²) in [5.41, 5.74) is 0.758. The van der Waals surface area contributed by atoms with Crippen LogP contribution in [-0.2, 0) is 0 Å². The minimum Gasteiger partial charge on any atom is -0.477 e. The van der Waals surface area contributed by atoms with E-state index in [1.54, 1.807) is 6.21 Å². The number of aromatic nitrogens is 1. The quantitative estimate of drug-likeness (QED) is 0.898. The van der Waals surface area contributed by atoms with Crippen LogP contribution < -0.4 is 10.3 Å². The van der Waals surface area contributed by atoms with Crippen LogP contribution in [0.5, 0.6) is 0 Å². The van der Waals surface area contributed by atoms with Gasteiger partial charge in [0, 0.05) is 36.6 Å². The Morgan fingerprint density at radius 1 is 1.27 bits per heavy atom. The highest BCUT2D eigenvalue weighted by Gasteiger charge is 2.34. The molecule has 0 unspecified atom stereocenters. The van der Waals surface area contributed by atoms with Gasteiger partial charge in [0.2, 0.25) is 5.43 Å². The van der Waals surface area contributed by atoms with E-state index in [1.165, 1.54) is 12.3 Å². The smallest absolute Gasteiger partial charge is 0.341 e. The standard InChI is InChI=1S/C19H18FN3O3/c20-15-6-12-16(13-8-21-7-11-2-1-5-22(11)17(13)15)23(10-3-4-10)9-14(18(12)24)19(25)26/h6,8-11H,1-5,7H2,(H,25,26)/t11-/m0/s1. The summed E-state index contributed by atoms with van der Waals surface area (Å²) in [5, 5.41) is 9.51. The number of benzene rings is 1. The van der Waals surface area contributed by atoms with E-state index in [4.69, 9.17) is 0 Å². The van der Waals surface area contributed by atoms with Gasteiger partial charge >= 0.3 is 5.97 Å². The molecule has 134 valence electrons. The molecular formula is C19H18FN3O3. The molecule has 5 rings (SSSR count). The van der Waals surface area contributed by atoms with Crippen molar-refractivity contribution in [2.75, 3.05) is 18.0 Å². The van der Waals surface area contributed by atoms with Gasteiger partial charge in [0.15, 0.2) is 0 Å². The Morgan fingerprint density at radius 3 is 2.81 bits per heavy atom. The molecule has 1 aromatic heterocycles. The average molecular weight is 355 g/mol. The number of anilines is 1. The van der Waals surface area contributed by atoms with E-state index in [0.29, 0.717) is 23.3 Å². The Hall–Kier alpha value is -2.70. The first-order valence-corrected chi connectivity index (χ1v) is 8.97. The predicted molar refractivity (Wildman–Crippen MR) is 96.2 cm³/mol. The third-order valence-electron chi connectivity index (χ3n) is 5.65. The number of aliphatic imine (C=N–C) groups is 1. The summed E-state index contributed by atoms with van der Waals surface area (Å²) in [4.78, 5) is 30.7. The summed E-state index contributed by atoms with van der Waals surface area (Å²) in [6.45, 7) is 1.38. The number of halogens is 1. The molecule has 2 aliphatic heterocycles. The maximum absolute atomic E-state index is 15.1. The number of hydrogen-bond donors (Lipinski definition) is 1. The lowest BCUT2D eigenvalue weighted by Crippen LogP contribution is -2.32. The molecule has 1 N–H and O–H groups in total. The molecule has 7 heteroatoms. The largest absolute Gasteiger partial charge is 0.477 e. The van der Waals surface area contributed by atoms with Crippen molar-refractivity contribution in [2.45, 2.75) is 37.8 Å². The summed E-state index contributed by atoms with van der Waals surface area (Å²) >= 11 is 0. The van der Waals surface area contributed by atoms with Crippen molar-refractivity contribution in [1.29, 1.82) is 0 Å². The van der Waals surface area contributed by atoms with Crippen LogP contribution in [0.3, 0.4) is 0 Å². The topological polar surface area (TPSA) is 74.9 Å². The van der Waals surface area contributed by atoms with Gasteiger partial charge in [-0.25, -0.2) is 9.18 Å². The highest BCUT2D eigenvalue weighted by Crippen LogP contribution is 2.41. The number of carboxylic acids is 1. The molecule has 0 bridgehead atoms. The predicted octanol–water partition coefficient (Wildman–Crippen LogP) is 2.58. The molecule has 1 aromatic carbocycles. The molecule has 2 fully saturated rings. The zero-order valence-electron chi connectivity index (χ0n) is 14.1. The SMILES string of the molecule is O=C(O)c1cn(C2CC2)c2c3c(c(F)cc2c1=O)N1CCC[C@H]1CN=C3. The first-order chi connectivity index (χ1) is 12.6. The molecule has 3 heterocycles. The number of fused-ring (bicyclic) bond motifs is 5. The first-order valence-electron chi connectivity index (χ1n) is 8.97. The maximum atomic E-state index is 15.1. The Balaban J connectivity index is 1.91. The van der Waals surface area contributed by atoms with Crippen LogP contribution in [0, 0.1) is 5.82 Å². The number of aromatic carboxylic acids is 1. The highest BCUT2D eigenvalue weighted by atomic mass is 19.1. The third kappa shape index (κ3) is 2.12. The molecular weight excluding hydrogens is 337 g/mol. The van der Waals surface area contributed by atoms with Crippen LogP contribution in [0.4, 0.5) is 10.1 Å². The second-order valence-corrected chi connectivity index (χ2v) is 7.32. The summed E-state index contributed by atoms with van der Waals surface area (Å²) < 4.78 is 16.9. The lowest BCUT2D eigenvalue weighted by molar-refractivity contribution is 0.0695. The zero-order valence-corrected chi connectivity index (χ0v) is 14.1. The van der Waals surface area contributed by atoms with Crippen molar-refractivity contribution in [3.63, 3.8) is 0 Å². The highest BCUT2D eigenvalue weighted by molar-refractivity contribution is 6.06. The molecule has 0 amide bonds. The molecule has 1 saturated carbocycles. The van der Waals surface area contributed by atoms with Crippen molar-refractivity contribution < 1.29 is 14.3 Å². The van der Waals surface area contributed by atoms with Gasteiger partial charge in [0.1, 0.15) is 11.4 Å². The van der Waals surface area contributed by atoms with Gasteiger partial charge in [-0.3, -0.25) is 9.79 Å². The fourth-order valence-corrected chi connectivity index (χ4v) is 4.30. The van der Waals surface area contributed by atoms with Crippen molar-refractivity contribution in [2.24, 2.45) is 4.99 Å². The van der Waals surface area contributed by atoms with Crippen LogP contribution >= 0.6 is 0 Å². The zero-order chi connectivity index (χ0) is 18.0. The molecule has 0 spiro atoms. The van der Waals surface area contributed by atoms with E-state index in [1.807, 2.05) is 4.57 Å². The Kier molecular flexibility index (Phi) is 3.23. The van der Waals surface area contributed by atoms with E-state index >= 15 is 4.39 Å². The van der Waals surface area contributed by atoms with Gasteiger partial charge in [-0.1, -0.05) is 0 Å². The van der Waals surface area contributed by atoms with Gasteiger partial charge in [-0.2, -0.15) is 0 Å². The Labute approximate surface area is 148 Å². The van der Waals surface area contributed by atoms with Crippen LogP contribution in [0.15, 0.2) is 22.1 Å². The Morgan fingerprint density at radius 2 is 2.08 bits per heavy atom. The molecule has 1 saturated heterocycles. The van der Waals surface area contributed by atoms with Crippen LogP contribution in [-0.4, -0.2) is 41.0 Å². The first kappa shape index (κ1) is 15.5. The van der Waals surface area contributed by atoms with Gasteiger partial charge in [0.25, 0.3) is 0 Å². The fraction of sp³-hybridized carbons (Fsp3) is 0.421. The lowest BCUT2D eigenvalue weighted by atomic mass is 10.0. The average Bonchev–Trinajstić information content (AvgIpc) is 3.38. The van der Waals surface area contributed by atoms with Crippen molar-refractivity contribution >= 4 is 28.8 Å².